The van der Waals surface area contributed by atoms with Crippen molar-refractivity contribution in [3.8, 4) is 0 Å². The minimum Gasteiger partial charge on any atom is -0.392 e. The number of aromatic nitrogens is 1. The number of hydrogen-bond acceptors (Lipinski definition) is 2. The Balaban J connectivity index is 2.24. The van der Waals surface area contributed by atoms with Crippen molar-refractivity contribution < 1.29 is 5.11 Å². The standard InChI is InChI=1S/C9H16N2O/c1-8(12)5-10-6-9-3-4-11(2)7-9/h3-4,7-8,10,12H,5-6H2,1-2H3. The van der Waals surface area contributed by atoms with Gasteiger partial charge in [-0.3, -0.25) is 0 Å². The summed E-state index contributed by atoms with van der Waals surface area (Å²) in [6.45, 7) is 3.25. The molecule has 12 heavy (non-hydrogen) atoms. The van der Waals surface area contributed by atoms with Gasteiger partial charge in [0.1, 0.15) is 0 Å². The Hall–Kier alpha value is -0.800. The molecule has 3 nitrogen and oxygen atoms in total. The summed E-state index contributed by atoms with van der Waals surface area (Å²) in [5.74, 6) is 0. The molecule has 0 fully saturated rings. The Bertz CT molecular complexity index is 230. The largest absolute Gasteiger partial charge is 0.392 e. The van der Waals surface area contributed by atoms with E-state index >= 15 is 0 Å². The van der Waals surface area contributed by atoms with Gasteiger partial charge in [-0.05, 0) is 18.6 Å². The summed E-state index contributed by atoms with van der Waals surface area (Å²) < 4.78 is 2.01. The molecule has 0 radical (unpaired) electrons. The summed E-state index contributed by atoms with van der Waals surface area (Å²) >= 11 is 0. The van der Waals surface area contributed by atoms with Gasteiger partial charge < -0.3 is 15.0 Å². The van der Waals surface area contributed by atoms with Crippen LogP contribution in [0.25, 0.3) is 0 Å². The summed E-state index contributed by atoms with van der Waals surface area (Å²) in [6, 6.07) is 2.06. The molecule has 1 aromatic heterocycles. The first-order chi connectivity index (χ1) is 5.68. The highest BCUT2D eigenvalue weighted by molar-refractivity contribution is 5.09. The van der Waals surface area contributed by atoms with Gasteiger partial charge in [0.05, 0.1) is 6.10 Å². The third-order valence-electron chi connectivity index (χ3n) is 1.66. The maximum Gasteiger partial charge on any atom is 0.0636 e. The molecule has 0 saturated heterocycles. The van der Waals surface area contributed by atoms with Crippen LogP contribution in [0.4, 0.5) is 0 Å². The topological polar surface area (TPSA) is 37.2 Å². The zero-order chi connectivity index (χ0) is 8.97. The minimum absolute atomic E-state index is 0.270. The van der Waals surface area contributed by atoms with Crippen molar-refractivity contribution in [1.82, 2.24) is 9.88 Å². The van der Waals surface area contributed by atoms with Gasteiger partial charge in [-0.15, -0.1) is 0 Å². The molecule has 1 unspecified atom stereocenters. The summed E-state index contributed by atoms with van der Waals surface area (Å²) in [5.41, 5.74) is 1.25. The average Bonchev–Trinajstić information content (AvgIpc) is 2.35. The van der Waals surface area contributed by atoms with Gasteiger partial charge in [0.15, 0.2) is 0 Å². The van der Waals surface area contributed by atoms with Crippen LogP contribution in [0.5, 0.6) is 0 Å². The van der Waals surface area contributed by atoms with E-state index in [1.165, 1.54) is 5.56 Å². The molecular formula is C9H16N2O. The van der Waals surface area contributed by atoms with Crippen LogP contribution in [0.15, 0.2) is 18.5 Å². The van der Waals surface area contributed by atoms with Gasteiger partial charge in [0, 0.05) is 32.5 Å². The molecule has 0 aromatic carbocycles. The summed E-state index contributed by atoms with van der Waals surface area (Å²) in [4.78, 5) is 0. The number of aryl methyl sites for hydroxylation is 1. The molecule has 0 aliphatic carbocycles. The summed E-state index contributed by atoms with van der Waals surface area (Å²) in [5, 5.41) is 12.1. The first-order valence-electron chi connectivity index (χ1n) is 4.18. The van der Waals surface area contributed by atoms with E-state index in [2.05, 4.69) is 17.6 Å². The van der Waals surface area contributed by atoms with Crippen molar-refractivity contribution in [3.63, 3.8) is 0 Å². The first kappa shape index (κ1) is 9.29. The second-order valence-electron chi connectivity index (χ2n) is 3.17. The molecule has 68 valence electrons. The highest BCUT2D eigenvalue weighted by Gasteiger charge is 1.96. The van der Waals surface area contributed by atoms with Crippen molar-refractivity contribution in [3.05, 3.63) is 24.0 Å². The fraction of sp³-hybridized carbons (Fsp3) is 0.556. The lowest BCUT2D eigenvalue weighted by atomic mass is 10.3. The second kappa shape index (κ2) is 4.28. The average molecular weight is 168 g/mol. The summed E-state index contributed by atoms with van der Waals surface area (Å²) in [7, 11) is 2.00. The Labute approximate surface area is 73.0 Å². The third kappa shape index (κ3) is 3.07. The van der Waals surface area contributed by atoms with E-state index in [4.69, 9.17) is 5.11 Å². The van der Waals surface area contributed by atoms with Crippen molar-refractivity contribution in [2.45, 2.75) is 19.6 Å². The molecule has 1 rings (SSSR count). The number of aliphatic hydroxyl groups is 1. The number of nitrogens with one attached hydrogen (secondary N) is 1. The van der Waals surface area contributed by atoms with Crippen LogP contribution in [0.3, 0.4) is 0 Å². The molecule has 3 heteroatoms. The lowest BCUT2D eigenvalue weighted by Gasteiger charge is -2.04. The third-order valence-corrected chi connectivity index (χ3v) is 1.66. The van der Waals surface area contributed by atoms with E-state index in [1.807, 2.05) is 17.8 Å². The van der Waals surface area contributed by atoms with Crippen molar-refractivity contribution >= 4 is 0 Å². The maximum atomic E-state index is 8.97. The fourth-order valence-corrected chi connectivity index (χ4v) is 1.09. The highest BCUT2D eigenvalue weighted by atomic mass is 16.3. The predicted molar refractivity (Wildman–Crippen MR) is 48.8 cm³/mol. The van der Waals surface area contributed by atoms with Gasteiger partial charge >= 0.3 is 0 Å². The van der Waals surface area contributed by atoms with E-state index in [-0.39, 0.29) is 6.10 Å². The van der Waals surface area contributed by atoms with E-state index in [0.29, 0.717) is 6.54 Å². The molecule has 0 amide bonds. The Morgan fingerprint density at radius 3 is 2.92 bits per heavy atom. The molecule has 0 spiro atoms. The van der Waals surface area contributed by atoms with Crippen molar-refractivity contribution in [1.29, 1.82) is 0 Å². The van der Waals surface area contributed by atoms with E-state index in [9.17, 15) is 0 Å². The van der Waals surface area contributed by atoms with Gasteiger partial charge in [-0.1, -0.05) is 0 Å². The SMILES string of the molecule is CC(O)CNCc1ccn(C)c1. The lowest BCUT2D eigenvalue weighted by molar-refractivity contribution is 0.191. The van der Waals surface area contributed by atoms with Gasteiger partial charge in [0.2, 0.25) is 0 Å². The first-order valence-corrected chi connectivity index (χ1v) is 4.18. The number of nitrogens with zero attached hydrogens (tertiary/aromatic N) is 1. The number of rotatable bonds is 4. The van der Waals surface area contributed by atoms with Crippen LogP contribution in [0, 0.1) is 0 Å². The zero-order valence-corrected chi connectivity index (χ0v) is 7.62. The van der Waals surface area contributed by atoms with Crippen molar-refractivity contribution in [2.24, 2.45) is 7.05 Å². The molecule has 0 aliphatic rings. The predicted octanol–water partition coefficient (Wildman–Crippen LogP) is 0.495. The van der Waals surface area contributed by atoms with Gasteiger partial charge in [-0.25, -0.2) is 0 Å². The molecule has 1 atom stereocenters. The zero-order valence-electron chi connectivity index (χ0n) is 7.62. The molecular weight excluding hydrogens is 152 g/mol. The Morgan fingerprint density at radius 1 is 1.67 bits per heavy atom. The van der Waals surface area contributed by atoms with Gasteiger partial charge in [-0.2, -0.15) is 0 Å². The lowest BCUT2D eigenvalue weighted by Crippen LogP contribution is -2.23. The second-order valence-corrected chi connectivity index (χ2v) is 3.17. The van der Waals surface area contributed by atoms with Crippen molar-refractivity contribution in [2.75, 3.05) is 6.54 Å². The monoisotopic (exact) mass is 168 g/mol. The number of aliphatic hydroxyl groups excluding tert-OH is 1. The van der Waals surface area contributed by atoms with Crippen LogP contribution >= 0.6 is 0 Å². The molecule has 0 aliphatic heterocycles. The molecule has 2 N–H and O–H groups in total. The van der Waals surface area contributed by atoms with Crippen LogP contribution in [0.1, 0.15) is 12.5 Å². The highest BCUT2D eigenvalue weighted by Crippen LogP contribution is 1.97. The molecule has 1 heterocycles. The fourth-order valence-electron chi connectivity index (χ4n) is 1.09. The van der Waals surface area contributed by atoms with E-state index in [1.54, 1.807) is 6.92 Å². The van der Waals surface area contributed by atoms with Crippen LogP contribution in [-0.4, -0.2) is 22.3 Å². The quantitative estimate of drug-likeness (QED) is 0.686. The number of hydrogen-bond donors (Lipinski definition) is 2. The minimum atomic E-state index is -0.270. The summed E-state index contributed by atoms with van der Waals surface area (Å²) in [6.07, 6.45) is 3.81. The van der Waals surface area contributed by atoms with Crippen LogP contribution in [0.2, 0.25) is 0 Å². The molecule has 0 saturated carbocycles. The normalized spacial score (nSPS) is 13.2. The van der Waals surface area contributed by atoms with E-state index < -0.39 is 0 Å². The van der Waals surface area contributed by atoms with Gasteiger partial charge in [0.25, 0.3) is 0 Å². The van der Waals surface area contributed by atoms with Crippen LogP contribution < -0.4 is 5.32 Å². The Kier molecular flexibility index (Phi) is 3.31. The Morgan fingerprint density at radius 2 is 2.42 bits per heavy atom. The maximum absolute atomic E-state index is 8.97. The van der Waals surface area contributed by atoms with E-state index in [0.717, 1.165) is 6.54 Å². The smallest absolute Gasteiger partial charge is 0.0636 e. The molecule has 0 bridgehead atoms. The van der Waals surface area contributed by atoms with Crippen LogP contribution in [-0.2, 0) is 13.6 Å². The molecule has 1 aromatic rings.